The maximum Gasteiger partial charge on any atom is 0.249 e. The number of amides is 1. The molecule has 0 unspecified atom stereocenters. The molecule has 2 aromatic heterocycles. The summed E-state index contributed by atoms with van der Waals surface area (Å²) in [5.74, 6) is -0.174. The zero-order valence-electron chi connectivity index (χ0n) is 12.7. The molecule has 0 radical (unpaired) electrons. The number of rotatable bonds is 8. The molecule has 0 saturated heterocycles. The van der Waals surface area contributed by atoms with Crippen LogP contribution in [0, 0.1) is 0 Å². The highest BCUT2D eigenvalue weighted by atomic mass is 35.5. The molecular formula is C15H20ClN3O3. The normalized spacial score (nSPS) is 12.5. The maximum atomic E-state index is 11.9. The largest absolute Gasteiger partial charge is 0.379 e. The molecule has 22 heavy (non-hydrogen) atoms. The molecule has 0 aliphatic carbocycles. The van der Waals surface area contributed by atoms with E-state index in [0.717, 1.165) is 11.3 Å². The van der Waals surface area contributed by atoms with Crippen molar-refractivity contribution in [3.8, 4) is 0 Å². The quantitative estimate of drug-likeness (QED) is 0.754. The average molecular weight is 326 g/mol. The molecule has 0 aliphatic heterocycles. The number of carbonyl (C=O) groups is 1. The number of nitrogens with one attached hydrogen (secondary N) is 1. The number of ether oxygens (including phenoxy) is 2. The lowest BCUT2D eigenvalue weighted by atomic mass is 10.3. The zero-order valence-corrected chi connectivity index (χ0v) is 13.5. The molecule has 0 saturated carbocycles. The van der Waals surface area contributed by atoms with Gasteiger partial charge in [0.1, 0.15) is 11.8 Å². The third-order valence-electron chi connectivity index (χ3n) is 3.08. The highest BCUT2D eigenvalue weighted by Crippen LogP contribution is 2.11. The van der Waals surface area contributed by atoms with Crippen molar-refractivity contribution in [3.05, 3.63) is 35.2 Å². The minimum Gasteiger partial charge on any atom is -0.379 e. The van der Waals surface area contributed by atoms with Crippen LogP contribution in [0.1, 0.15) is 19.5 Å². The topological polar surface area (TPSA) is 64.9 Å². The molecule has 1 atom stereocenters. The SMILES string of the molecule is CCOCCO[C@H](C)C(=O)NCc1cn2cc(Cl)ccc2n1. The lowest BCUT2D eigenvalue weighted by Crippen LogP contribution is -2.34. The van der Waals surface area contributed by atoms with Gasteiger partial charge in [-0.25, -0.2) is 4.98 Å². The molecule has 0 spiro atoms. The van der Waals surface area contributed by atoms with Crippen LogP contribution in [0.3, 0.4) is 0 Å². The molecule has 0 aromatic carbocycles. The molecule has 0 fully saturated rings. The van der Waals surface area contributed by atoms with Gasteiger partial charge in [0.05, 0.1) is 30.5 Å². The Kier molecular flexibility index (Phi) is 6.18. The summed E-state index contributed by atoms with van der Waals surface area (Å²) < 4.78 is 12.4. The summed E-state index contributed by atoms with van der Waals surface area (Å²) in [5, 5.41) is 3.44. The second kappa shape index (κ2) is 8.12. The van der Waals surface area contributed by atoms with Crippen molar-refractivity contribution in [2.45, 2.75) is 26.5 Å². The number of nitrogens with zero attached hydrogens (tertiary/aromatic N) is 2. The third kappa shape index (κ3) is 4.69. The molecule has 0 bridgehead atoms. The van der Waals surface area contributed by atoms with E-state index in [1.165, 1.54) is 0 Å². The van der Waals surface area contributed by atoms with E-state index in [2.05, 4.69) is 10.3 Å². The Morgan fingerprint density at radius 1 is 1.41 bits per heavy atom. The first-order valence-corrected chi connectivity index (χ1v) is 7.58. The minimum absolute atomic E-state index is 0.174. The zero-order chi connectivity index (χ0) is 15.9. The molecular weight excluding hydrogens is 306 g/mol. The Labute approximate surface area is 134 Å². The van der Waals surface area contributed by atoms with E-state index >= 15 is 0 Å². The number of carbonyl (C=O) groups excluding carboxylic acids is 1. The van der Waals surface area contributed by atoms with Gasteiger partial charge in [-0.15, -0.1) is 0 Å². The monoisotopic (exact) mass is 325 g/mol. The molecule has 1 amide bonds. The molecule has 7 heteroatoms. The lowest BCUT2D eigenvalue weighted by Gasteiger charge is -2.12. The number of aromatic nitrogens is 2. The standard InChI is InChI=1S/C15H20ClN3O3/c1-3-21-6-7-22-11(2)15(20)17-8-13-10-19-9-12(16)4-5-14(19)18-13/h4-5,9-11H,3,6-8H2,1-2H3,(H,17,20)/t11-/m1/s1. The van der Waals surface area contributed by atoms with Crippen molar-refractivity contribution in [2.24, 2.45) is 0 Å². The highest BCUT2D eigenvalue weighted by molar-refractivity contribution is 6.30. The summed E-state index contributed by atoms with van der Waals surface area (Å²) in [6.45, 7) is 5.50. The second-order valence-electron chi connectivity index (χ2n) is 4.77. The van der Waals surface area contributed by atoms with Crippen molar-refractivity contribution in [3.63, 3.8) is 0 Å². The van der Waals surface area contributed by atoms with Crippen molar-refractivity contribution >= 4 is 23.2 Å². The fourth-order valence-electron chi connectivity index (χ4n) is 1.93. The summed E-state index contributed by atoms with van der Waals surface area (Å²) in [4.78, 5) is 16.3. The Morgan fingerprint density at radius 3 is 3.00 bits per heavy atom. The number of hydrogen-bond donors (Lipinski definition) is 1. The number of pyridine rings is 1. The Hall–Kier alpha value is -1.63. The van der Waals surface area contributed by atoms with Gasteiger partial charge in [0.2, 0.25) is 5.91 Å². The first kappa shape index (κ1) is 16.7. The van der Waals surface area contributed by atoms with E-state index in [1.54, 1.807) is 19.2 Å². The summed E-state index contributed by atoms with van der Waals surface area (Å²) in [5.41, 5.74) is 1.55. The van der Waals surface area contributed by atoms with Crippen molar-refractivity contribution in [1.82, 2.24) is 14.7 Å². The lowest BCUT2D eigenvalue weighted by molar-refractivity contribution is -0.132. The molecule has 2 heterocycles. The molecule has 2 aromatic rings. The van der Waals surface area contributed by atoms with Crippen molar-refractivity contribution < 1.29 is 14.3 Å². The van der Waals surface area contributed by atoms with E-state index in [1.807, 2.05) is 23.6 Å². The molecule has 2 rings (SSSR count). The van der Waals surface area contributed by atoms with Gasteiger partial charge in [-0.05, 0) is 26.0 Å². The maximum absolute atomic E-state index is 11.9. The summed E-state index contributed by atoms with van der Waals surface area (Å²) in [6, 6.07) is 3.60. The number of halogens is 1. The predicted molar refractivity (Wildman–Crippen MR) is 84.0 cm³/mol. The summed E-state index contributed by atoms with van der Waals surface area (Å²) >= 11 is 5.92. The number of fused-ring (bicyclic) bond motifs is 1. The molecule has 0 aliphatic rings. The van der Waals surface area contributed by atoms with E-state index in [9.17, 15) is 4.79 Å². The van der Waals surface area contributed by atoms with Crippen LogP contribution in [0.15, 0.2) is 24.5 Å². The Morgan fingerprint density at radius 2 is 2.23 bits per heavy atom. The minimum atomic E-state index is -0.521. The number of hydrogen-bond acceptors (Lipinski definition) is 4. The summed E-state index contributed by atoms with van der Waals surface area (Å²) in [7, 11) is 0. The van der Waals surface area contributed by atoms with Crippen LogP contribution in [0.5, 0.6) is 0 Å². The van der Waals surface area contributed by atoms with Crippen LogP contribution in [0.2, 0.25) is 5.02 Å². The van der Waals surface area contributed by atoms with Gasteiger partial charge in [0.15, 0.2) is 0 Å². The second-order valence-corrected chi connectivity index (χ2v) is 5.21. The van der Waals surface area contributed by atoms with Gasteiger partial charge in [0, 0.05) is 19.0 Å². The highest BCUT2D eigenvalue weighted by Gasteiger charge is 2.13. The first-order valence-electron chi connectivity index (χ1n) is 7.20. The van der Waals surface area contributed by atoms with Gasteiger partial charge in [-0.2, -0.15) is 0 Å². The van der Waals surface area contributed by atoms with E-state index in [4.69, 9.17) is 21.1 Å². The smallest absolute Gasteiger partial charge is 0.249 e. The summed E-state index contributed by atoms with van der Waals surface area (Å²) in [6.07, 6.45) is 3.09. The van der Waals surface area contributed by atoms with Crippen molar-refractivity contribution in [1.29, 1.82) is 0 Å². The molecule has 6 nitrogen and oxygen atoms in total. The molecule has 1 N–H and O–H groups in total. The van der Waals surface area contributed by atoms with E-state index < -0.39 is 6.10 Å². The molecule has 120 valence electrons. The van der Waals surface area contributed by atoms with Crippen LogP contribution in [-0.2, 0) is 20.8 Å². The van der Waals surface area contributed by atoms with Gasteiger partial charge in [-0.3, -0.25) is 4.79 Å². The fourth-order valence-corrected chi connectivity index (χ4v) is 2.10. The van der Waals surface area contributed by atoms with Gasteiger partial charge >= 0.3 is 0 Å². The van der Waals surface area contributed by atoms with Crippen LogP contribution < -0.4 is 5.32 Å². The van der Waals surface area contributed by atoms with Crippen LogP contribution in [-0.4, -0.2) is 41.2 Å². The van der Waals surface area contributed by atoms with Crippen LogP contribution >= 0.6 is 11.6 Å². The third-order valence-corrected chi connectivity index (χ3v) is 3.30. The van der Waals surface area contributed by atoms with Crippen LogP contribution in [0.25, 0.3) is 5.65 Å². The average Bonchev–Trinajstić information content (AvgIpc) is 2.90. The fraction of sp³-hybridized carbons (Fsp3) is 0.467. The van der Waals surface area contributed by atoms with Gasteiger partial charge < -0.3 is 19.2 Å². The van der Waals surface area contributed by atoms with Crippen LogP contribution in [0.4, 0.5) is 0 Å². The number of imidazole rings is 1. The van der Waals surface area contributed by atoms with Gasteiger partial charge in [-0.1, -0.05) is 11.6 Å². The first-order chi connectivity index (χ1) is 10.6. The van der Waals surface area contributed by atoms with Gasteiger partial charge in [0.25, 0.3) is 0 Å². The van der Waals surface area contributed by atoms with E-state index in [0.29, 0.717) is 31.4 Å². The van der Waals surface area contributed by atoms with E-state index in [-0.39, 0.29) is 5.91 Å². The Bertz CT molecular complexity index is 630. The Balaban J connectivity index is 1.81. The van der Waals surface area contributed by atoms with Crippen molar-refractivity contribution in [2.75, 3.05) is 19.8 Å². The predicted octanol–water partition coefficient (Wildman–Crippen LogP) is 2.05.